The van der Waals surface area contributed by atoms with Crippen LogP contribution in [0.4, 0.5) is 13.6 Å². The third-order valence-electron chi connectivity index (χ3n) is 3.27. The van der Waals surface area contributed by atoms with E-state index in [1.165, 1.54) is 0 Å². The van der Waals surface area contributed by atoms with Crippen molar-refractivity contribution in [2.24, 2.45) is 5.73 Å². The molecule has 0 aliphatic heterocycles. The molecule has 0 heterocycles. The molecular formula is C17H25F2N3O4. The molecule has 0 saturated heterocycles. The highest BCUT2D eigenvalue weighted by molar-refractivity contribution is 5.85. The number of phenols is 1. The lowest BCUT2D eigenvalue weighted by molar-refractivity contribution is -0.123. The number of alkyl carbamates (subject to hydrolysis) is 1. The molecule has 0 unspecified atom stereocenters. The van der Waals surface area contributed by atoms with Crippen molar-refractivity contribution in [3.63, 3.8) is 0 Å². The van der Waals surface area contributed by atoms with Crippen molar-refractivity contribution in [1.29, 1.82) is 0 Å². The van der Waals surface area contributed by atoms with Crippen LogP contribution in [-0.2, 0) is 16.1 Å². The van der Waals surface area contributed by atoms with Crippen molar-refractivity contribution in [2.75, 3.05) is 6.54 Å². The fourth-order valence-electron chi connectivity index (χ4n) is 2.10. The Hall–Kier alpha value is -2.42. The molecule has 0 aliphatic rings. The summed E-state index contributed by atoms with van der Waals surface area (Å²) in [7, 11) is 0. The van der Waals surface area contributed by atoms with Gasteiger partial charge in [-0.3, -0.25) is 4.79 Å². The minimum absolute atomic E-state index is 0.238. The molecule has 0 radical (unpaired) electrons. The number of hydrogen-bond acceptors (Lipinski definition) is 5. The first-order valence-corrected chi connectivity index (χ1v) is 8.17. The highest BCUT2D eigenvalue weighted by Crippen LogP contribution is 2.19. The number of hydrogen-bond donors (Lipinski definition) is 4. The van der Waals surface area contributed by atoms with Crippen molar-refractivity contribution >= 4 is 12.0 Å². The molecule has 0 aromatic heterocycles. The number of ether oxygens (including phenoxy) is 1. The standard InChI is InChI=1S/C17H25F2N3O4/c1-17(2,3)26-16(25)22-14(5-4-6-20)15(24)21-9-11-12(18)7-10(23)8-13(11)19/h7-8,14,23H,4-6,9,20H2,1-3H3,(H,21,24)(H,22,25)/t14-/m1/s1. The van der Waals surface area contributed by atoms with E-state index in [0.29, 0.717) is 13.0 Å². The second kappa shape index (κ2) is 9.33. The predicted octanol–water partition coefficient (Wildman–Crippen LogP) is 1.92. The van der Waals surface area contributed by atoms with Crippen LogP contribution in [0, 0.1) is 11.6 Å². The number of phenolic OH excluding ortho intramolecular Hbond substituents is 1. The molecule has 146 valence electrons. The lowest BCUT2D eigenvalue weighted by atomic mass is 10.1. The van der Waals surface area contributed by atoms with Crippen LogP contribution in [0.25, 0.3) is 0 Å². The van der Waals surface area contributed by atoms with Crippen LogP contribution in [0.15, 0.2) is 12.1 Å². The Morgan fingerprint density at radius 2 is 1.85 bits per heavy atom. The molecule has 26 heavy (non-hydrogen) atoms. The maximum atomic E-state index is 13.7. The van der Waals surface area contributed by atoms with Gasteiger partial charge in [0, 0.05) is 24.2 Å². The van der Waals surface area contributed by atoms with Crippen molar-refractivity contribution < 1.29 is 28.2 Å². The Balaban J connectivity index is 2.75. The number of amides is 2. The summed E-state index contributed by atoms with van der Waals surface area (Å²) in [4.78, 5) is 24.2. The van der Waals surface area contributed by atoms with Gasteiger partial charge in [-0.25, -0.2) is 13.6 Å². The quantitative estimate of drug-likeness (QED) is 0.583. The van der Waals surface area contributed by atoms with Gasteiger partial charge in [0.25, 0.3) is 0 Å². The smallest absolute Gasteiger partial charge is 0.408 e. The van der Waals surface area contributed by atoms with Gasteiger partial charge in [0.2, 0.25) is 5.91 Å². The second-order valence-corrected chi connectivity index (χ2v) is 6.74. The molecule has 5 N–H and O–H groups in total. The topological polar surface area (TPSA) is 114 Å². The fraction of sp³-hybridized carbons (Fsp3) is 0.529. The molecule has 0 fully saturated rings. The number of rotatable bonds is 7. The average molecular weight is 373 g/mol. The summed E-state index contributed by atoms with van der Waals surface area (Å²) in [5.41, 5.74) is 4.29. The molecule has 2 amide bonds. The van der Waals surface area contributed by atoms with Crippen LogP contribution in [0.2, 0.25) is 0 Å². The van der Waals surface area contributed by atoms with E-state index in [1.807, 2.05) is 0 Å². The Morgan fingerprint density at radius 1 is 1.27 bits per heavy atom. The van der Waals surface area contributed by atoms with E-state index in [-0.39, 0.29) is 6.42 Å². The van der Waals surface area contributed by atoms with E-state index in [2.05, 4.69) is 10.6 Å². The van der Waals surface area contributed by atoms with Crippen molar-refractivity contribution in [3.8, 4) is 5.75 Å². The van der Waals surface area contributed by atoms with E-state index in [4.69, 9.17) is 15.6 Å². The van der Waals surface area contributed by atoms with Gasteiger partial charge < -0.3 is 26.2 Å². The number of benzene rings is 1. The molecule has 9 heteroatoms. The number of aromatic hydroxyl groups is 1. The summed E-state index contributed by atoms with van der Waals surface area (Å²) in [6.45, 7) is 4.90. The largest absolute Gasteiger partial charge is 0.508 e. The summed E-state index contributed by atoms with van der Waals surface area (Å²) in [5, 5.41) is 13.9. The van der Waals surface area contributed by atoms with Gasteiger partial charge in [-0.1, -0.05) is 0 Å². The second-order valence-electron chi connectivity index (χ2n) is 6.74. The zero-order valence-electron chi connectivity index (χ0n) is 15.1. The van der Waals surface area contributed by atoms with Gasteiger partial charge in [0.1, 0.15) is 29.0 Å². The molecular weight excluding hydrogens is 348 g/mol. The number of halogens is 2. The van der Waals surface area contributed by atoms with Crippen LogP contribution >= 0.6 is 0 Å². The fourth-order valence-corrected chi connectivity index (χ4v) is 2.10. The van der Waals surface area contributed by atoms with E-state index >= 15 is 0 Å². The summed E-state index contributed by atoms with van der Waals surface area (Å²) in [6.07, 6.45) is -0.0885. The normalized spacial score (nSPS) is 12.4. The number of nitrogens with one attached hydrogen (secondary N) is 2. The van der Waals surface area contributed by atoms with Gasteiger partial charge >= 0.3 is 6.09 Å². The average Bonchev–Trinajstić information content (AvgIpc) is 2.48. The molecule has 0 saturated carbocycles. The minimum Gasteiger partial charge on any atom is -0.508 e. The first kappa shape index (κ1) is 21.6. The third-order valence-corrected chi connectivity index (χ3v) is 3.27. The van der Waals surface area contributed by atoms with Crippen LogP contribution in [0.1, 0.15) is 39.2 Å². The Labute approximate surface area is 150 Å². The SMILES string of the molecule is CC(C)(C)OC(=O)N[C@H](CCCN)C(=O)NCc1c(F)cc(O)cc1F. The van der Waals surface area contributed by atoms with E-state index < -0.39 is 53.1 Å². The van der Waals surface area contributed by atoms with Gasteiger partial charge in [-0.05, 0) is 40.2 Å². The lowest BCUT2D eigenvalue weighted by Gasteiger charge is -2.23. The van der Waals surface area contributed by atoms with E-state index in [0.717, 1.165) is 12.1 Å². The monoisotopic (exact) mass is 373 g/mol. The van der Waals surface area contributed by atoms with Crippen molar-refractivity contribution in [1.82, 2.24) is 10.6 Å². The lowest BCUT2D eigenvalue weighted by Crippen LogP contribution is -2.48. The first-order chi connectivity index (χ1) is 12.0. The van der Waals surface area contributed by atoms with Crippen molar-refractivity contribution in [2.45, 2.75) is 51.8 Å². The summed E-state index contributed by atoms with van der Waals surface area (Å²) in [5.74, 6) is -3.15. The van der Waals surface area contributed by atoms with Crippen LogP contribution in [-0.4, -0.2) is 35.3 Å². The molecule has 0 spiro atoms. The Kier molecular flexibility index (Phi) is 7.76. The summed E-state index contributed by atoms with van der Waals surface area (Å²) in [6, 6.07) is 0.529. The summed E-state index contributed by atoms with van der Waals surface area (Å²) < 4.78 is 32.5. The molecule has 0 bridgehead atoms. The van der Waals surface area contributed by atoms with E-state index in [9.17, 15) is 18.4 Å². The Bertz CT molecular complexity index is 624. The van der Waals surface area contributed by atoms with Gasteiger partial charge in [0.15, 0.2) is 0 Å². The van der Waals surface area contributed by atoms with Gasteiger partial charge in [-0.15, -0.1) is 0 Å². The molecule has 7 nitrogen and oxygen atoms in total. The molecule has 0 aliphatic carbocycles. The highest BCUT2D eigenvalue weighted by atomic mass is 19.1. The molecule has 1 rings (SSSR count). The number of nitrogens with two attached hydrogens (primary N) is 1. The van der Waals surface area contributed by atoms with Crippen LogP contribution < -0.4 is 16.4 Å². The number of carbonyl (C=O) groups is 2. The predicted molar refractivity (Wildman–Crippen MR) is 91.3 cm³/mol. The highest BCUT2D eigenvalue weighted by Gasteiger charge is 2.24. The maximum absolute atomic E-state index is 13.7. The van der Waals surface area contributed by atoms with Gasteiger partial charge in [-0.2, -0.15) is 0 Å². The first-order valence-electron chi connectivity index (χ1n) is 8.17. The zero-order chi connectivity index (χ0) is 19.9. The molecule has 1 aromatic rings. The van der Waals surface area contributed by atoms with Gasteiger partial charge in [0.05, 0.1) is 0 Å². The molecule has 1 aromatic carbocycles. The van der Waals surface area contributed by atoms with Crippen LogP contribution in [0.3, 0.4) is 0 Å². The zero-order valence-corrected chi connectivity index (χ0v) is 15.1. The number of carbonyl (C=O) groups excluding carboxylic acids is 2. The minimum atomic E-state index is -0.985. The van der Waals surface area contributed by atoms with E-state index in [1.54, 1.807) is 20.8 Å². The maximum Gasteiger partial charge on any atom is 0.408 e. The molecule has 1 atom stereocenters. The Morgan fingerprint density at radius 3 is 2.35 bits per heavy atom. The van der Waals surface area contributed by atoms with Crippen molar-refractivity contribution in [3.05, 3.63) is 29.3 Å². The third kappa shape index (κ3) is 7.22. The van der Waals surface area contributed by atoms with Crippen LogP contribution in [0.5, 0.6) is 5.75 Å². The summed E-state index contributed by atoms with van der Waals surface area (Å²) >= 11 is 0.